The van der Waals surface area contributed by atoms with Crippen LogP contribution < -0.4 is 5.32 Å². The molecule has 9 nitrogen and oxygen atoms in total. The van der Waals surface area contributed by atoms with Crippen molar-refractivity contribution in [1.82, 2.24) is 20.2 Å². The number of thiazole rings is 1. The normalized spacial score (nSPS) is 16.1. The topological polar surface area (TPSA) is 121 Å². The van der Waals surface area contributed by atoms with Gasteiger partial charge in [-0.25, -0.2) is 9.97 Å². The van der Waals surface area contributed by atoms with Crippen LogP contribution in [0.25, 0.3) is 11.3 Å². The summed E-state index contributed by atoms with van der Waals surface area (Å²) >= 11 is 1.43. The predicted octanol–water partition coefficient (Wildman–Crippen LogP) is 1.83. The van der Waals surface area contributed by atoms with Gasteiger partial charge >= 0.3 is 0 Å². The molecule has 1 N–H and O–H groups in total. The zero-order chi connectivity index (χ0) is 20.9. The highest BCUT2D eigenvalue weighted by atomic mass is 32.1. The lowest BCUT2D eigenvalue weighted by molar-refractivity contribution is -0.137. The molecule has 0 saturated carbocycles. The Morgan fingerprint density at radius 1 is 1.33 bits per heavy atom. The van der Waals surface area contributed by atoms with E-state index in [1.807, 2.05) is 17.5 Å². The first-order valence-corrected chi connectivity index (χ1v) is 10.0. The highest BCUT2D eigenvalue weighted by Gasteiger charge is 2.30. The van der Waals surface area contributed by atoms with Gasteiger partial charge in [0.05, 0.1) is 43.2 Å². The highest BCUT2D eigenvalue weighted by molar-refractivity contribution is 7.09. The molecule has 30 heavy (non-hydrogen) atoms. The van der Waals surface area contributed by atoms with Gasteiger partial charge in [-0.3, -0.25) is 9.59 Å². The third-order valence-corrected chi connectivity index (χ3v) is 5.41. The summed E-state index contributed by atoms with van der Waals surface area (Å²) in [6.07, 6.45) is 1.78. The van der Waals surface area contributed by atoms with Crippen LogP contribution in [0, 0.1) is 11.3 Å². The molecule has 1 aliphatic rings. The summed E-state index contributed by atoms with van der Waals surface area (Å²) in [5.41, 5.74) is 2.27. The monoisotopic (exact) mass is 423 g/mol. The average molecular weight is 423 g/mol. The number of ether oxygens (including phenoxy) is 1. The molecule has 0 unspecified atom stereocenters. The number of carbonyl (C=O) groups excluding carboxylic acids is 2. The molecule has 10 heteroatoms. The fraction of sp³-hybridized carbons (Fsp3) is 0.250. The lowest BCUT2D eigenvalue weighted by Crippen LogP contribution is -2.51. The number of rotatable bonds is 5. The van der Waals surface area contributed by atoms with E-state index in [9.17, 15) is 9.59 Å². The fourth-order valence-corrected chi connectivity index (χ4v) is 3.73. The molecular formula is C20H17N5O4S. The van der Waals surface area contributed by atoms with Gasteiger partial charge in [-0.05, 0) is 12.1 Å². The third-order valence-electron chi connectivity index (χ3n) is 4.56. The predicted molar refractivity (Wildman–Crippen MR) is 106 cm³/mol. The number of hydrogen-bond acceptors (Lipinski definition) is 8. The third kappa shape index (κ3) is 4.37. The Hall–Kier alpha value is -3.55. The highest BCUT2D eigenvalue weighted by Crippen LogP contribution is 2.22. The van der Waals surface area contributed by atoms with Gasteiger partial charge in [0.1, 0.15) is 5.01 Å². The van der Waals surface area contributed by atoms with E-state index in [1.165, 1.54) is 28.8 Å². The van der Waals surface area contributed by atoms with E-state index in [0.717, 1.165) is 16.3 Å². The maximum atomic E-state index is 12.5. The number of nitrogens with one attached hydrogen (secondary N) is 1. The molecule has 3 heterocycles. The number of nitriles is 1. The minimum atomic E-state index is -0.761. The van der Waals surface area contributed by atoms with Crippen LogP contribution in [0.2, 0.25) is 0 Å². The largest absolute Gasteiger partial charge is 0.438 e. The Balaban J connectivity index is 1.32. The minimum Gasteiger partial charge on any atom is -0.438 e. The van der Waals surface area contributed by atoms with Crippen LogP contribution in [0.1, 0.15) is 21.1 Å². The molecule has 4 rings (SSSR count). The standard InChI is InChI=1S/C20H17N5O4S/c21-7-13-1-3-14(4-2-13)15-11-30-18(24-15)9-23-19(26)17-10-25(5-6-28-17)20(27)16-8-22-12-29-16/h1-4,8,11-12,17H,5-6,9-10H2,(H,23,26)/t17-/m0/s1. The summed E-state index contributed by atoms with van der Waals surface area (Å²) in [6, 6.07) is 9.24. The van der Waals surface area contributed by atoms with E-state index in [2.05, 4.69) is 21.4 Å². The quantitative estimate of drug-likeness (QED) is 0.664. The van der Waals surface area contributed by atoms with Gasteiger partial charge < -0.3 is 19.4 Å². The van der Waals surface area contributed by atoms with Crippen molar-refractivity contribution in [2.75, 3.05) is 19.7 Å². The van der Waals surface area contributed by atoms with Gasteiger partial charge in [-0.15, -0.1) is 11.3 Å². The molecule has 152 valence electrons. The summed E-state index contributed by atoms with van der Waals surface area (Å²) in [5.74, 6) is -0.491. The molecule has 0 bridgehead atoms. The summed E-state index contributed by atoms with van der Waals surface area (Å²) in [6.45, 7) is 1.04. The molecule has 1 saturated heterocycles. The van der Waals surface area contributed by atoms with Crippen LogP contribution in [0.4, 0.5) is 0 Å². The fourth-order valence-electron chi connectivity index (χ4n) is 2.99. The van der Waals surface area contributed by atoms with Crippen molar-refractivity contribution in [1.29, 1.82) is 5.26 Å². The molecule has 2 amide bonds. The second-order valence-electron chi connectivity index (χ2n) is 6.51. The van der Waals surface area contributed by atoms with Crippen LogP contribution in [0.15, 0.2) is 46.7 Å². The van der Waals surface area contributed by atoms with Crippen molar-refractivity contribution < 1.29 is 18.7 Å². The van der Waals surface area contributed by atoms with Crippen LogP contribution in [0.5, 0.6) is 0 Å². The zero-order valence-corrected chi connectivity index (χ0v) is 16.6. The number of amides is 2. The number of oxazole rings is 1. The van der Waals surface area contributed by atoms with Crippen molar-refractivity contribution in [2.45, 2.75) is 12.6 Å². The number of nitrogens with zero attached hydrogens (tertiary/aromatic N) is 4. The summed E-state index contributed by atoms with van der Waals surface area (Å²) < 4.78 is 10.6. The van der Waals surface area contributed by atoms with Crippen LogP contribution in [-0.2, 0) is 16.1 Å². The van der Waals surface area contributed by atoms with E-state index in [-0.39, 0.29) is 37.3 Å². The molecule has 1 aliphatic heterocycles. The Bertz CT molecular complexity index is 1070. The molecule has 1 atom stereocenters. The molecule has 0 radical (unpaired) electrons. The number of carbonyl (C=O) groups is 2. The zero-order valence-electron chi connectivity index (χ0n) is 15.8. The van der Waals surface area contributed by atoms with Crippen molar-refractivity contribution in [2.24, 2.45) is 0 Å². The van der Waals surface area contributed by atoms with Crippen molar-refractivity contribution >= 4 is 23.2 Å². The molecule has 2 aromatic heterocycles. The second-order valence-corrected chi connectivity index (χ2v) is 7.45. The Morgan fingerprint density at radius 3 is 2.90 bits per heavy atom. The van der Waals surface area contributed by atoms with Gasteiger partial charge in [0, 0.05) is 17.5 Å². The number of hydrogen-bond donors (Lipinski definition) is 1. The lowest BCUT2D eigenvalue weighted by Gasteiger charge is -2.31. The van der Waals surface area contributed by atoms with Crippen LogP contribution in [-0.4, -0.2) is 52.5 Å². The summed E-state index contributed by atoms with van der Waals surface area (Å²) in [5, 5.41) is 14.3. The van der Waals surface area contributed by atoms with E-state index in [4.69, 9.17) is 14.4 Å². The Labute approximate surface area is 175 Å². The first kappa shape index (κ1) is 19.8. The van der Waals surface area contributed by atoms with Crippen molar-refractivity contribution in [3.8, 4) is 17.3 Å². The first-order valence-electron chi connectivity index (χ1n) is 9.16. The molecule has 1 aromatic carbocycles. The van der Waals surface area contributed by atoms with Gasteiger partial charge in [0.2, 0.25) is 5.76 Å². The molecule has 3 aromatic rings. The molecule has 1 fully saturated rings. The summed E-state index contributed by atoms with van der Waals surface area (Å²) in [4.78, 5) is 34.7. The summed E-state index contributed by atoms with van der Waals surface area (Å²) in [7, 11) is 0. The van der Waals surface area contributed by atoms with E-state index >= 15 is 0 Å². The first-order chi connectivity index (χ1) is 14.6. The van der Waals surface area contributed by atoms with Crippen molar-refractivity contribution in [3.63, 3.8) is 0 Å². The molecule has 0 aliphatic carbocycles. The van der Waals surface area contributed by atoms with Gasteiger partial charge in [0.15, 0.2) is 12.5 Å². The lowest BCUT2D eigenvalue weighted by atomic mass is 10.1. The van der Waals surface area contributed by atoms with Gasteiger partial charge in [-0.2, -0.15) is 5.26 Å². The average Bonchev–Trinajstić information content (AvgIpc) is 3.49. The molecule has 0 spiro atoms. The Kier molecular flexibility index (Phi) is 5.83. The van der Waals surface area contributed by atoms with Gasteiger partial charge in [-0.1, -0.05) is 12.1 Å². The van der Waals surface area contributed by atoms with Gasteiger partial charge in [0.25, 0.3) is 11.8 Å². The number of benzene rings is 1. The van der Waals surface area contributed by atoms with E-state index in [1.54, 1.807) is 12.1 Å². The number of morpholine rings is 1. The van der Waals surface area contributed by atoms with Crippen LogP contribution >= 0.6 is 11.3 Å². The Morgan fingerprint density at radius 2 is 2.17 bits per heavy atom. The van der Waals surface area contributed by atoms with E-state index < -0.39 is 6.10 Å². The van der Waals surface area contributed by atoms with E-state index in [0.29, 0.717) is 12.1 Å². The van der Waals surface area contributed by atoms with Crippen molar-refractivity contribution in [3.05, 3.63) is 58.6 Å². The minimum absolute atomic E-state index is 0.133. The maximum Gasteiger partial charge on any atom is 0.291 e. The second kappa shape index (κ2) is 8.86. The van der Waals surface area contributed by atoms with Crippen LogP contribution in [0.3, 0.4) is 0 Å². The SMILES string of the molecule is N#Cc1ccc(-c2csc(CNC(=O)[C@@H]3CN(C(=O)c4cnco4)CCO3)n2)cc1. The number of aromatic nitrogens is 2. The smallest absolute Gasteiger partial charge is 0.291 e. The maximum absolute atomic E-state index is 12.5. The molecular weight excluding hydrogens is 406 g/mol.